The van der Waals surface area contributed by atoms with Gasteiger partial charge in [0.2, 0.25) is 5.91 Å². The summed E-state index contributed by atoms with van der Waals surface area (Å²) in [5, 5.41) is 6.45. The number of ether oxygens (including phenoxy) is 1. The summed E-state index contributed by atoms with van der Waals surface area (Å²) in [4.78, 5) is 27.4. The zero-order valence-electron chi connectivity index (χ0n) is 15.8. The van der Waals surface area contributed by atoms with Crippen molar-refractivity contribution in [1.82, 2.24) is 10.2 Å². The molecule has 6 nitrogen and oxygen atoms in total. The SMILES string of the molecule is Cc1c(NC(=O)C2CC23CCNCC3)cccc1C(=O)N1CCOCC1.Cl. The van der Waals surface area contributed by atoms with Gasteiger partial charge in [0.05, 0.1) is 13.2 Å². The highest BCUT2D eigenvalue weighted by Crippen LogP contribution is 2.58. The predicted octanol–water partition coefficient (Wildman–Crippen LogP) is 2.22. The van der Waals surface area contributed by atoms with E-state index in [4.69, 9.17) is 4.74 Å². The first-order chi connectivity index (χ1) is 12.6. The topological polar surface area (TPSA) is 70.7 Å². The summed E-state index contributed by atoms with van der Waals surface area (Å²) in [6.45, 7) is 6.33. The average Bonchev–Trinajstić information content (AvgIpc) is 3.37. The van der Waals surface area contributed by atoms with E-state index in [0.717, 1.165) is 43.6 Å². The maximum absolute atomic E-state index is 12.8. The number of carbonyl (C=O) groups is 2. The molecule has 1 unspecified atom stereocenters. The summed E-state index contributed by atoms with van der Waals surface area (Å²) in [7, 11) is 0. The van der Waals surface area contributed by atoms with E-state index in [0.29, 0.717) is 31.9 Å². The number of halogens is 1. The van der Waals surface area contributed by atoms with Gasteiger partial charge in [-0.3, -0.25) is 9.59 Å². The first-order valence-electron chi connectivity index (χ1n) is 9.59. The van der Waals surface area contributed by atoms with E-state index in [-0.39, 0.29) is 35.6 Å². The number of hydrogen-bond acceptors (Lipinski definition) is 4. The van der Waals surface area contributed by atoms with Crippen molar-refractivity contribution in [3.8, 4) is 0 Å². The lowest BCUT2D eigenvalue weighted by Crippen LogP contribution is -2.41. The monoisotopic (exact) mass is 393 g/mol. The van der Waals surface area contributed by atoms with Crippen LogP contribution < -0.4 is 10.6 Å². The van der Waals surface area contributed by atoms with E-state index in [1.54, 1.807) is 0 Å². The van der Waals surface area contributed by atoms with E-state index < -0.39 is 0 Å². The summed E-state index contributed by atoms with van der Waals surface area (Å²) >= 11 is 0. The van der Waals surface area contributed by atoms with Crippen LogP contribution >= 0.6 is 12.4 Å². The molecule has 2 heterocycles. The number of morpholine rings is 1. The molecule has 3 aliphatic rings. The van der Waals surface area contributed by atoms with Gasteiger partial charge in [0.15, 0.2) is 0 Å². The molecule has 2 N–H and O–H groups in total. The number of benzene rings is 1. The molecule has 3 fully saturated rings. The Morgan fingerprint density at radius 3 is 2.63 bits per heavy atom. The molecule has 2 amide bonds. The van der Waals surface area contributed by atoms with Crippen LogP contribution in [0.5, 0.6) is 0 Å². The van der Waals surface area contributed by atoms with E-state index in [1.165, 1.54) is 0 Å². The van der Waals surface area contributed by atoms with Crippen LogP contribution in [0.25, 0.3) is 0 Å². The summed E-state index contributed by atoms with van der Waals surface area (Å²) in [6, 6.07) is 5.58. The number of amides is 2. The van der Waals surface area contributed by atoms with Crippen LogP contribution in [-0.2, 0) is 9.53 Å². The van der Waals surface area contributed by atoms with Crippen LogP contribution in [0, 0.1) is 18.3 Å². The van der Waals surface area contributed by atoms with Crippen molar-refractivity contribution < 1.29 is 14.3 Å². The zero-order valence-corrected chi connectivity index (χ0v) is 16.6. The minimum absolute atomic E-state index is 0. The molecule has 4 rings (SSSR count). The van der Waals surface area contributed by atoms with Gasteiger partial charge in [0, 0.05) is 30.3 Å². The Morgan fingerprint density at radius 1 is 1.22 bits per heavy atom. The highest BCUT2D eigenvalue weighted by Gasteiger charge is 2.57. The van der Waals surface area contributed by atoms with Crippen LogP contribution in [0.4, 0.5) is 5.69 Å². The fourth-order valence-corrected chi connectivity index (χ4v) is 4.36. The van der Waals surface area contributed by atoms with Gasteiger partial charge in [-0.05, 0) is 62.4 Å². The second-order valence-corrected chi connectivity index (χ2v) is 7.74. The Balaban J connectivity index is 0.00000210. The third-order valence-electron chi connectivity index (χ3n) is 6.23. The third kappa shape index (κ3) is 3.98. The maximum Gasteiger partial charge on any atom is 0.254 e. The molecule has 148 valence electrons. The molecule has 7 heteroatoms. The number of nitrogens with zero attached hydrogens (tertiary/aromatic N) is 1. The minimum Gasteiger partial charge on any atom is -0.378 e. The van der Waals surface area contributed by atoms with E-state index in [9.17, 15) is 9.59 Å². The average molecular weight is 394 g/mol. The normalized spacial score (nSPS) is 23.4. The van der Waals surface area contributed by atoms with Crippen molar-refractivity contribution in [2.45, 2.75) is 26.2 Å². The number of rotatable bonds is 3. The number of carbonyl (C=O) groups excluding carboxylic acids is 2. The molecule has 1 aromatic rings. The van der Waals surface area contributed by atoms with Crippen LogP contribution in [0.3, 0.4) is 0 Å². The molecule has 0 bridgehead atoms. The van der Waals surface area contributed by atoms with Crippen molar-refractivity contribution in [3.05, 3.63) is 29.3 Å². The molecule has 1 atom stereocenters. The maximum atomic E-state index is 12.8. The van der Waals surface area contributed by atoms with Gasteiger partial charge in [-0.2, -0.15) is 0 Å². The zero-order chi connectivity index (χ0) is 18.1. The van der Waals surface area contributed by atoms with Crippen LogP contribution in [0.2, 0.25) is 0 Å². The number of hydrogen-bond donors (Lipinski definition) is 2. The van der Waals surface area contributed by atoms with Crippen LogP contribution in [0.15, 0.2) is 18.2 Å². The lowest BCUT2D eigenvalue weighted by Gasteiger charge is -2.27. The lowest BCUT2D eigenvalue weighted by atomic mass is 9.91. The van der Waals surface area contributed by atoms with Gasteiger partial charge in [-0.15, -0.1) is 12.4 Å². The number of piperidine rings is 1. The molecule has 2 saturated heterocycles. The second kappa shape index (κ2) is 8.17. The van der Waals surface area contributed by atoms with Crippen molar-refractivity contribution in [2.24, 2.45) is 11.3 Å². The molecule has 1 saturated carbocycles. The highest BCUT2D eigenvalue weighted by molar-refractivity contribution is 6.00. The number of anilines is 1. The molecular formula is C20H28ClN3O3. The summed E-state index contributed by atoms with van der Waals surface area (Å²) in [6.07, 6.45) is 3.16. The van der Waals surface area contributed by atoms with Crippen molar-refractivity contribution >= 4 is 29.9 Å². The Morgan fingerprint density at radius 2 is 1.93 bits per heavy atom. The molecule has 27 heavy (non-hydrogen) atoms. The van der Waals surface area contributed by atoms with E-state index in [2.05, 4.69) is 10.6 Å². The van der Waals surface area contributed by atoms with Gasteiger partial charge < -0.3 is 20.3 Å². The Hall–Kier alpha value is -1.63. The van der Waals surface area contributed by atoms with Crippen LogP contribution in [-0.4, -0.2) is 56.1 Å². The van der Waals surface area contributed by atoms with E-state index in [1.807, 2.05) is 30.0 Å². The molecule has 0 aromatic heterocycles. The smallest absolute Gasteiger partial charge is 0.254 e. The largest absolute Gasteiger partial charge is 0.378 e. The van der Waals surface area contributed by atoms with Gasteiger partial charge in [0.25, 0.3) is 5.91 Å². The van der Waals surface area contributed by atoms with Gasteiger partial charge in [0.1, 0.15) is 0 Å². The molecule has 1 spiro atoms. The predicted molar refractivity (Wildman–Crippen MR) is 106 cm³/mol. The van der Waals surface area contributed by atoms with Gasteiger partial charge in [-0.1, -0.05) is 6.07 Å². The van der Waals surface area contributed by atoms with Crippen molar-refractivity contribution in [3.63, 3.8) is 0 Å². The third-order valence-corrected chi connectivity index (χ3v) is 6.23. The summed E-state index contributed by atoms with van der Waals surface area (Å²) in [5.41, 5.74) is 2.48. The van der Waals surface area contributed by atoms with Crippen molar-refractivity contribution in [2.75, 3.05) is 44.7 Å². The van der Waals surface area contributed by atoms with Crippen LogP contribution in [0.1, 0.15) is 35.2 Å². The lowest BCUT2D eigenvalue weighted by molar-refractivity contribution is -0.118. The standard InChI is InChI=1S/C20H27N3O3.ClH/c1-14-15(19(25)23-9-11-26-12-10-23)3-2-4-17(14)22-18(24)16-13-20(16)5-7-21-8-6-20;/h2-4,16,21H,5-13H2,1H3,(H,22,24);1H. The Labute approximate surface area is 166 Å². The number of nitrogens with one attached hydrogen (secondary N) is 2. The molecule has 1 aromatic carbocycles. The minimum atomic E-state index is 0. The molecular weight excluding hydrogens is 366 g/mol. The summed E-state index contributed by atoms with van der Waals surface area (Å²) < 4.78 is 5.32. The molecule has 0 radical (unpaired) electrons. The first-order valence-corrected chi connectivity index (χ1v) is 9.59. The van der Waals surface area contributed by atoms with Gasteiger partial charge in [-0.25, -0.2) is 0 Å². The Bertz CT molecular complexity index is 712. The molecule has 1 aliphatic carbocycles. The highest BCUT2D eigenvalue weighted by atomic mass is 35.5. The quantitative estimate of drug-likeness (QED) is 0.826. The van der Waals surface area contributed by atoms with E-state index >= 15 is 0 Å². The fraction of sp³-hybridized carbons (Fsp3) is 0.600. The van der Waals surface area contributed by atoms with Crippen molar-refractivity contribution in [1.29, 1.82) is 0 Å². The Kier molecular flexibility index (Phi) is 6.08. The van der Waals surface area contributed by atoms with Gasteiger partial charge >= 0.3 is 0 Å². The summed E-state index contributed by atoms with van der Waals surface area (Å²) in [5.74, 6) is 0.233. The first kappa shape index (κ1) is 20.1. The second-order valence-electron chi connectivity index (χ2n) is 7.74. The molecule has 2 aliphatic heterocycles. The fourth-order valence-electron chi connectivity index (χ4n) is 4.36.